The topological polar surface area (TPSA) is 34.4 Å². The maximum absolute atomic E-state index is 5.94. The lowest BCUT2D eigenvalue weighted by atomic mass is 10.1. The highest BCUT2D eigenvalue weighted by Crippen LogP contribution is 2.30. The molecule has 3 aromatic rings. The molecule has 0 saturated heterocycles. The van der Waals surface area contributed by atoms with Crippen LogP contribution in [-0.2, 0) is 13.0 Å². The predicted molar refractivity (Wildman–Crippen MR) is 107 cm³/mol. The minimum atomic E-state index is 0.155. The second-order valence-electron chi connectivity index (χ2n) is 6.85. The summed E-state index contributed by atoms with van der Waals surface area (Å²) in [5.74, 6) is 0.816. The van der Waals surface area contributed by atoms with Crippen LogP contribution in [0.5, 0.6) is 5.75 Å². The van der Waals surface area contributed by atoms with Crippen molar-refractivity contribution in [2.45, 2.75) is 46.3 Å². The zero-order valence-corrected chi connectivity index (χ0v) is 15.8. The Bertz CT molecular complexity index is 877. The van der Waals surface area contributed by atoms with Gasteiger partial charge in [0.05, 0.1) is 12.3 Å². The number of furan rings is 1. The largest absolute Gasteiger partial charge is 0.489 e. The average Bonchev–Trinajstić information content (AvgIpc) is 3.04. The van der Waals surface area contributed by atoms with Crippen LogP contribution in [0, 0.1) is 0 Å². The summed E-state index contributed by atoms with van der Waals surface area (Å²) in [5, 5.41) is 4.43. The van der Waals surface area contributed by atoms with Crippen molar-refractivity contribution in [2.24, 2.45) is 0 Å². The number of aryl methyl sites for hydroxylation is 1. The van der Waals surface area contributed by atoms with Crippen molar-refractivity contribution >= 4 is 11.0 Å². The monoisotopic (exact) mass is 349 g/mol. The minimum absolute atomic E-state index is 0.155. The Balaban J connectivity index is 1.68. The standard InChI is InChI=1S/C23H27NO2/c1-5-6-18-7-9-19(10-8-18)14-25-20-11-12-21-22(15-26-23(21)13-20)17(4)24-16(2)3/h7-13,15,17,24H,2,5-6,14H2,1,3-4H3. The van der Waals surface area contributed by atoms with Crippen molar-refractivity contribution in [3.63, 3.8) is 0 Å². The van der Waals surface area contributed by atoms with E-state index in [1.54, 1.807) is 0 Å². The van der Waals surface area contributed by atoms with Gasteiger partial charge in [0, 0.05) is 22.7 Å². The molecule has 0 aliphatic heterocycles. The smallest absolute Gasteiger partial charge is 0.137 e. The summed E-state index contributed by atoms with van der Waals surface area (Å²) in [5.41, 5.74) is 5.45. The number of rotatable bonds is 8. The average molecular weight is 349 g/mol. The molecule has 3 rings (SSSR count). The van der Waals surface area contributed by atoms with Gasteiger partial charge < -0.3 is 14.5 Å². The van der Waals surface area contributed by atoms with Crippen LogP contribution in [0.15, 0.2) is 65.4 Å². The summed E-state index contributed by atoms with van der Waals surface area (Å²) in [7, 11) is 0. The van der Waals surface area contributed by atoms with Crippen LogP contribution in [0.4, 0.5) is 0 Å². The van der Waals surface area contributed by atoms with Gasteiger partial charge in [0.2, 0.25) is 0 Å². The number of benzene rings is 2. The summed E-state index contributed by atoms with van der Waals surface area (Å²) in [6.07, 6.45) is 4.10. The molecule has 1 heterocycles. The lowest BCUT2D eigenvalue weighted by Crippen LogP contribution is -2.15. The second kappa shape index (κ2) is 8.13. The number of allylic oxidation sites excluding steroid dienone is 1. The van der Waals surface area contributed by atoms with Gasteiger partial charge in [0.15, 0.2) is 0 Å². The molecular formula is C23H27NO2. The van der Waals surface area contributed by atoms with Crippen molar-refractivity contribution in [3.05, 3.63) is 77.7 Å². The molecule has 0 aliphatic rings. The van der Waals surface area contributed by atoms with E-state index in [1.165, 1.54) is 17.5 Å². The van der Waals surface area contributed by atoms with Crippen LogP contribution >= 0.6 is 0 Å². The van der Waals surface area contributed by atoms with Crippen LogP contribution < -0.4 is 10.1 Å². The van der Waals surface area contributed by atoms with Gasteiger partial charge in [0.1, 0.15) is 17.9 Å². The Kier molecular flexibility index (Phi) is 5.67. The van der Waals surface area contributed by atoms with Gasteiger partial charge in [-0.25, -0.2) is 0 Å². The maximum atomic E-state index is 5.94. The molecule has 26 heavy (non-hydrogen) atoms. The fourth-order valence-corrected chi connectivity index (χ4v) is 3.16. The van der Waals surface area contributed by atoms with E-state index in [0.717, 1.165) is 34.4 Å². The summed E-state index contributed by atoms with van der Waals surface area (Å²) >= 11 is 0. The third-order valence-corrected chi connectivity index (χ3v) is 4.47. The van der Waals surface area contributed by atoms with Gasteiger partial charge in [-0.3, -0.25) is 0 Å². The molecule has 0 fully saturated rings. The highest BCUT2D eigenvalue weighted by Gasteiger charge is 2.13. The van der Waals surface area contributed by atoms with Gasteiger partial charge in [-0.1, -0.05) is 44.2 Å². The highest BCUT2D eigenvalue weighted by molar-refractivity contribution is 5.82. The molecule has 0 saturated carbocycles. The van der Waals surface area contributed by atoms with Crippen molar-refractivity contribution in [2.75, 3.05) is 0 Å². The molecule has 1 N–H and O–H groups in total. The van der Waals surface area contributed by atoms with Crippen LogP contribution in [-0.4, -0.2) is 0 Å². The van der Waals surface area contributed by atoms with Gasteiger partial charge in [0.25, 0.3) is 0 Å². The van der Waals surface area contributed by atoms with Crippen LogP contribution in [0.3, 0.4) is 0 Å². The van der Waals surface area contributed by atoms with Gasteiger partial charge >= 0.3 is 0 Å². The number of fused-ring (bicyclic) bond motifs is 1. The molecule has 136 valence electrons. The van der Waals surface area contributed by atoms with E-state index in [1.807, 2.05) is 25.3 Å². The number of ether oxygens (including phenoxy) is 1. The first-order chi connectivity index (χ1) is 12.6. The number of hydrogen-bond acceptors (Lipinski definition) is 3. The van der Waals surface area contributed by atoms with Crippen molar-refractivity contribution in [1.29, 1.82) is 0 Å². The van der Waals surface area contributed by atoms with E-state index < -0.39 is 0 Å². The lowest BCUT2D eigenvalue weighted by molar-refractivity contribution is 0.306. The van der Waals surface area contributed by atoms with E-state index in [4.69, 9.17) is 9.15 Å². The third-order valence-electron chi connectivity index (χ3n) is 4.47. The first kappa shape index (κ1) is 18.1. The van der Waals surface area contributed by atoms with E-state index in [2.05, 4.69) is 56.1 Å². The molecule has 3 heteroatoms. The lowest BCUT2D eigenvalue weighted by Gasteiger charge is -2.13. The van der Waals surface area contributed by atoms with Crippen LogP contribution in [0.25, 0.3) is 11.0 Å². The maximum Gasteiger partial charge on any atom is 0.137 e. The zero-order valence-electron chi connectivity index (χ0n) is 15.8. The third kappa shape index (κ3) is 4.29. The molecule has 0 aliphatic carbocycles. The molecule has 1 atom stereocenters. The highest BCUT2D eigenvalue weighted by atomic mass is 16.5. The normalized spacial score (nSPS) is 12.1. The van der Waals surface area contributed by atoms with Gasteiger partial charge in [-0.05, 0) is 43.5 Å². The summed E-state index contributed by atoms with van der Waals surface area (Å²) in [4.78, 5) is 0. The van der Waals surface area contributed by atoms with Crippen molar-refractivity contribution in [1.82, 2.24) is 5.32 Å². The summed E-state index contributed by atoms with van der Waals surface area (Å²) < 4.78 is 11.7. The van der Waals surface area contributed by atoms with E-state index >= 15 is 0 Å². The summed E-state index contributed by atoms with van der Waals surface area (Å²) in [6, 6.07) is 14.8. The van der Waals surface area contributed by atoms with Gasteiger partial charge in [-0.15, -0.1) is 0 Å². The first-order valence-electron chi connectivity index (χ1n) is 9.20. The molecule has 1 unspecified atom stereocenters. The molecule has 2 aromatic carbocycles. The quantitative estimate of drug-likeness (QED) is 0.530. The van der Waals surface area contributed by atoms with E-state index in [9.17, 15) is 0 Å². The fourth-order valence-electron chi connectivity index (χ4n) is 3.16. The molecule has 0 radical (unpaired) electrons. The van der Waals surface area contributed by atoms with Crippen LogP contribution in [0.1, 0.15) is 49.9 Å². The van der Waals surface area contributed by atoms with Crippen LogP contribution in [0.2, 0.25) is 0 Å². The Morgan fingerprint density at radius 3 is 2.58 bits per heavy atom. The van der Waals surface area contributed by atoms with Crippen molar-refractivity contribution in [3.8, 4) is 5.75 Å². The first-order valence-corrected chi connectivity index (χ1v) is 9.20. The minimum Gasteiger partial charge on any atom is -0.489 e. The summed E-state index contributed by atoms with van der Waals surface area (Å²) in [6.45, 7) is 10.7. The SMILES string of the molecule is C=C(C)NC(C)c1coc2cc(OCc3ccc(CCC)cc3)ccc12. The number of hydrogen-bond donors (Lipinski definition) is 1. The molecule has 0 amide bonds. The van der Waals surface area contributed by atoms with E-state index in [-0.39, 0.29) is 6.04 Å². The fraction of sp³-hybridized carbons (Fsp3) is 0.304. The second-order valence-corrected chi connectivity index (χ2v) is 6.85. The van der Waals surface area contributed by atoms with Gasteiger partial charge in [-0.2, -0.15) is 0 Å². The Morgan fingerprint density at radius 2 is 1.88 bits per heavy atom. The Labute approximate surface area is 155 Å². The predicted octanol–water partition coefficient (Wildman–Crippen LogP) is 6.15. The molecular weight excluding hydrogens is 322 g/mol. The van der Waals surface area contributed by atoms with Crippen molar-refractivity contribution < 1.29 is 9.15 Å². The number of nitrogens with one attached hydrogen (secondary N) is 1. The molecule has 0 spiro atoms. The Morgan fingerprint density at radius 1 is 1.15 bits per heavy atom. The Hall–Kier alpha value is -2.68. The molecule has 1 aromatic heterocycles. The molecule has 3 nitrogen and oxygen atoms in total. The van der Waals surface area contributed by atoms with E-state index in [0.29, 0.717) is 6.61 Å². The molecule has 0 bridgehead atoms. The zero-order chi connectivity index (χ0) is 18.5.